The molecule has 2 aromatic heterocycles. The van der Waals surface area contributed by atoms with Gasteiger partial charge in [-0.3, -0.25) is 0 Å². The van der Waals surface area contributed by atoms with Crippen LogP contribution < -0.4 is 10.6 Å². The fraction of sp³-hybridized carbons (Fsp3) is 0.368. The number of hydrogen-bond donors (Lipinski definition) is 2. The molecule has 0 amide bonds. The van der Waals surface area contributed by atoms with Crippen LogP contribution in [0.2, 0.25) is 0 Å². The minimum atomic E-state index is 0.378. The summed E-state index contributed by atoms with van der Waals surface area (Å²) >= 11 is 0. The number of nitrogens with zero attached hydrogens (tertiary/aromatic N) is 4. The van der Waals surface area contributed by atoms with Gasteiger partial charge in [-0.15, -0.1) is 5.10 Å². The van der Waals surface area contributed by atoms with Gasteiger partial charge in [-0.2, -0.15) is 10.1 Å². The first kappa shape index (κ1) is 17.8. The molecule has 0 atom stereocenters. The van der Waals surface area contributed by atoms with E-state index in [2.05, 4.69) is 76.9 Å². The van der Waals surface area contributed by atoms with Crippen LogP contribution in [-0.4, -0.2) is 20.3 Å². The molecule has 0 radical (unpaired) electrons. The Morgan fingerprint density at radius 1 is 0.962 bits per heavy atom. The Labute approximate surface area is 153 Å². The topological polar surface area (TPSA) is 88.8 Å². The molecule has 1 aromatic carbocycles. The van der Waals surface area contributed by atoms with Crippen molar-refractivity contribution in [2.24, 2.45) is 0 Å². The molecule has 7 nitrogen and oxygen atoms in total. The molecule has 0 unspecified atom stereocenters. The predicted octanol–water partition coefficient (Wildman–Crippen LogP) is 4.90. The average molecular weight is 352 g/mol. The SMILES string of the molecule is Cc1cc(Nc2cnnc(Nc3c(C(C)C)cccc3C(C)C)n2)no1. The molecule has 0 aliphatic rings. The van der Waals surface area contributed by atoms with Crippen LogP contribution in [0.25, 0.3) is 0 Å². The van der Waals surface area contributed by atoms with E-state index < -0.39 is 0 Å². The van der Waals surface area contributed by atoms with Crippen molar-refractivity contribution in [2.45, 2.75) is 46.5 Å². The van der Waals surface area contributed by atoms with Crippen LogP contribution in [0.4, 0.5) is 23.3 Å². The molecule has 2 heterocycles. The van der Waals surface area contributed by atoms with E-state index in [1.165, 1.54) is 11.1 Å². The van der Waals surface area contributed by atoms with E-state index in [4.69, 9.17) is 4.52 Å². The lowest BCUT2D eigenvalue weighted by Gasteiger charge is -2.20. The normalized spacial score (nSPS) is 11.2. The Hall–Kier alpha value is -2.96. The zero-order valence-corrected chi connectivity index (χ0v) is 15.7. The van der Waals surface area contributed by atoms with E-state index in [9.17, 15) is 0 Å². The van der Waals surface area contributed by atoms with Crippen LogP contribution in [0.1, 0.15) is 56.4 Å². The van der Waals surface area contributed by atoms with E-state index in [1.54, 1.807) is 12.3 Å². The van der Waals surface area contributed by atoms with Gasteiger partial charge < -0.3 is 15.2 Å². The summed E-state index contributed by atoms with van der Waals surface area (Å²) in [6.45, 7) is 10.5. The summed E-state index contributed by atoms with van der Waals surface area (Å²) in [6, 6.07) is 8.15. The van der Waals surface area contributed by atoms with E-state index in [0.29, 0.717) is 29.4 Å². The second kappa shape index (κ2) is 7.51. The minimum absolute atomic E-state index is 0.378. The molecule has 0 bridgehead atoms. The zero-order valence-electron chi connectivity index (χ0n) is 15.7. The predicted molar refractivity (Wildman–Crippen MR) is 102 cm³/mol. The fourth-order valence-corrected chi connectivity index (χ4v) is 2.78. The Balaban J connectivity index is 1.90. The lowest BCUT2D eigenvalue weighted by molar-refractivity contribution is 0.400. The summed E-state index contributed by atoms with van der Waals surface area (Å²) in [5.41, 5.74) is 3.50. The summed E-state index contributed by atoms with van der Waals surface area (Å²) in [5, 5.41) is 18.5. The molecule has 136 valence electrons. The van der Waals surface area contributed by atoms with Crippen molar-refractivity contribution in [2.75, 3.05) is 10.6 Å². The largest absolute Gasteiger partial charge is 0.360 e. The van der Waals surface area contributed by atoms with Crippen LogP contribution >= 0.6 is 0 Å². The van der Waals surface area contributed by atoms with Crippen molar-refractivity contribution in [1.82, 2.24) is 20.3 Å². The van der Waals surface area contributed by atoms with Gasteiger partial charge in [0.25, 0.3) is 0 Å². The van der Waals surface area contributed by atoms with Crippen LogP contribution in [0.3, 0.4) is 0 Å². The molecule has 0 fully saturated rings. The first-order chi connectivity index (χ1) is 12.4. The van der Waals surface area contributed by atoms with Crippen LogP contribution in [-0.2, 0) is 0 Å². The zero-order chi connectivity index (χ0) is 18.7. The Morgan fingerprint density at radius 3 is 2.23 bits per heavy atom. The van der Waals surface area contributed by atoms with E-state index >= 15 is 0 Å². The molecule has 3 rings (SSSR count). The fourth-order valence-electron chi connectivity index (χ4n) is 2.78. The number of hydrogen-bond acceptors (Lipinski definition) is 7. The summed E-state index contributed by atoms with van der Waals surface area (Å²) < 4.78 is 5.05. The Bertz CT molecular complexity index is 861. The van der Waals surface area contributed by atoms with Crippen LogP contribution in [0, 0.1) is 6.92 Å². The molecule has 0 aliphatic carbocycles. The number of aryl methyl sites for hydroxylation is 1. The van der Waals surface area contributed by atoms with Crippen molar-refractivity contribution in [3.05, 3.63) is 47.3 Å². The molecule has 7 heteroatoms. The Morgan fingerprint density at radius 2 is 1.65 bits per heavy atom. The standard InChI is InChI=1S/C19H24N6O/c1-11(2)14-7-6-8-15(12(3)4)18(14)23-19-22-17(10-20-24-19)21-16-9-13(5)26-25-16/h6-12H,1-5H3,(H2,21,22,23,24,25). The lowest BCUT2D eigenvalue weighted by atomic mass is 9.93. The third-order valence-corrected chi connectivity index (χ3v) is 4.05. The third kappa shape index (κ3) is 3.99. The quantitative estimate of drug-likeness (QED) is 0.652. The van der Waals surface area contributed by atoms with E-state index in [-0.39, 0.29) is 0 Å². The molecule has 3 aromatic rings. The molecular formula is C19H24N6O. The lowest BCUT2D eigenvalue weighted by Crippen LogP contribution is -2.07. The Kier molecular flexibility index (Phi) is 5.16. The molecule has 0 saturated heterocycles. The van der Waals surface area contributed by atoms with Crippen molar-refractivity contribution in [1.29, 1.82) is 0 Å². The maximum absolute atomic E-state index is 5.05. The first-order valence-corrected chi connectivity index (χ1v) is 8.74. The molecule has 0 saturated carbocycles. The van der Waals surface area contributed by atoms with E-state index in [1.807, 2.05) is 6.92 Å². The highest BCUT2D eigenvalue weighted by Gasteiger charge is 2.15. The minimum Gasteiger partial charge on any atom is -0.360 e. The van der Waals surface area contributed by atoms with Gasteiger partial charge in [0.2, 0.25) is 5.95 Å². The van der Waals surface area contributed by atoms with Gasteiger partial charge in [0, 0.05) is 11.8 Å². The maximum atomic E-state index is 5.05. The van der Waals surface area contributed by atoms with Crippen molar-refractivity contribution < 1.29 is 4.52 Å². The van der Waals surface area contributed by atoms with Gasteiger partial charge >= 0.3 is 0 Å². The van der Waals surface area contributed by atoms with Gasteiger partial charge in [0.05, 0.1) is 6.20 Å². The molecule has 0 spiro atoms. The molecule has 0 aliphatic heterocycles. The number of nitrogens with one attached hydrogen (secondary N) is 2. The van der Waals surface area contributed by atoms with Gasteiger partial charge in [0.1, 0.15) is 5.76 Å². The highest BCUT2D eigenvalue weighted by Crippen LogP contribution is 2.33. The molecular weight excluding hydrogens is 328 g/mol. The number of rotatable bonds is 6. The smallest absolute Gasteiger partial charge is 0.249 e. The van der Waals surface area contributed by atoms with Crippen molar-refractivity contribution in [3.63, 3.8) is 0 Å². The van der Waals surface area contributed by atoms with Crippen LogP contribution in [0.5, 0.6) is 0 Å². The van der Waals surface area contributed by atoms with Crippen molar-refractivity contribution in [3.8, 4) is 0 Å². The van der Waals surface area contributed by atoms with Gasteiger partial charge in [0.15, 0.2) is 11.6 Å². The van der Waals surface area contributed by atoms with Crippen LogP contribution in [0.15, 0.2) is 35.0 Å². The van der Waals surface area contributed by atoms with E-state index in [0.717, 1.165) is 11.4 Å². The monoisotopic (exact) mass is 352 g/mol. The number of para-hydroxylation sites is 1. The number of aromatic nitrogens is 4. The first-order valence-electron chi connectivity index (χ1n) is 8.74. The summed E-state index contributed by atoms with van der Waals surface area (Å²) in [5.74, 6) is 3.04. The second-order valence-corrected chi connectivity index (χ2v) is 6.86. The second-order valence-electron chi connectivity index (χ2n) is 6.86. The average Bonchev–Trinajstić information content (AvgIpc) is 2.99. The van der Waals surface area contributed by atoms with Crippen molar-refractivity contribution >= 4 is 23.3 Å². The third-order valence-electron chi connectivity index (χ3n) is 4.05. The van der Waals surface area contributed by atoms with Gasteiger partial charge in [-0.25, -0.2) is 0 Å². The summed E-state index contributed by atoms with van der Waals surface area (Å²) in [6.07, 6.45) is 1.55. The maximum Gasteiger partial charge on any atom is 0.249 e. The van der Waals surface area contributed by atoms with Gasteiger partial charge in [-0.05, 0) is 29.9 Å². The highest BCUT2D eigenvalue weighted by atomic mass is 16.5. The number of benzene rings is 1. The molecule has 26 heavy (non-hydrogen) atoms. The summed E-state index contributed by atoms with van der Waals surface area (Å²) in [4.78, 5) is 4.50. The highest BCUT2D eigenvalue weighted by molar-refractivity contribution is 5.66. The summed E-state index contributed by atoms with van der Waals surface area (Å²) in [7, 11) is 0. The number of anilines is 4. The van der Waals surface area contributed by atoms with Gasteiger partial charge in [-0.1, -0.05) is 51.1 Å². The molecule has 2 N–H and O–H groups in total.